The number of rotatable bonds is 2. The van der Waals surface area contributed by atoms with E-state index in [0.29, 0.717) is 5.69 Å². The van der Waals surface area contributed by atoms with Crippen molar-refractivity contribution in [2.45, 2.75) is 0 Å². The molecule has 2 aromatic rings. The highest BCUT2D eigenvalue weighted by Gasteiger charge is 2.16. The van der Waals surface area contributed by atoms with E-state index in [0.717, 1.165) is 24.7 Å². The summed E-state index contributed by atoms with van der Waals surface area (Å²) < 4.78 is 2.49. The molecule has 5 nitrogen and oxygen atoms in total. The highest BCUT2D eigenvalue weighted by Crippen LogP contribution is 2.23. The van der Waals surface area contributed by atoms with Gasteiger partial charge in [0.2, 0.25) is 0 Å². The first-order chi connectivity index (χ1) is 8.90. The summed E-state index contributed by atoms with van der Waals surface area (Å²) >= 11 is 5.29. The fourth-order valence-electron chi connectivity index (χ4n) is 1.62. The Morgan fingerprint density at radius 2 is 1.95 bits per heavy atom. The number of hydrogen-bond donors (Lipinski definition) is 2. The zero-order chi connectivity index (χ0) is 14.2. The van der Waals surface area contributed by atoms with Crippen molar-refractivity contribution in [3.05, 3.63) is 54.4 Å². The minimum Gasteiger partial charge on any atom is -0.508 e. The van der Waals surface area contributed by atoms with Gasteiger partial charge >= 0.3 is 5.97 Å². The van der Waals surface area contributed by atoms with Gasteiger partial charge in [-0.2, -0.15) is 0 Å². The third-order valence-electron chi connectivity index (χ3n) is 2.39. The second-order valence-electron chi connectivity index (χ2n) is 3.67. The fraction of sp³-hybridized carbons (Fsp3) is 0. The number of carboxylic acid groups (broad SMARTS) is 1. The summed E-state index contributed by atoms with van der Waals surface area (Å²) in [5.41, 5.74) is -0.452. The lowest BCUT2D eigenvalue weighted by Crippen LogP contribution is -2.24. The minimum absolute atomic E-state index is 0.291. The van der Waals surface area contributed by atoms with Crippen LogP contribution in [0.3, 0.4) is 0 Å². The molecule has 0 aliphatic heterocycles. The Bertz CT molecular complexity index is 726. The van der Waals surface area contributed by atoms with Crippen LogP contribution < -0.4 is 5.56 Å². The van der Waals surface area contributed by atoms with E-state index >= 15 is 0 Å². The molecule has 0 atom stereocenters. The first kappa shape index (κ1) is 14.1. The van der Waals surface area contributed by atoms with Crippen LogP contribution in [0.4, 0.5) is 0 Å². The molecule has 1 aromatic carbocycles. The van der Waals surface area contributed by atoms with Gasteiger partial charge in [-0.15, -0.1) is 0 Å². The Labute approximate surface area is 129 Å². The van der Waals surface area contributed by atoms with E-state index in [1.54, 1.807) is 18.2 Å². The zero-order valence-electron chi connectivity index (χ0n) is 9.30. The van der Waals surface area contributed by atoms with Gasteiger partial charge in [0.05, 0.1) is 5.69 Å². The molecule has 19 heavy (non-hydrogen) atoms. The second-order valence-corrected chi connectivity index (χ2v) is 5.75. The molecule has 0 saturated carbocycles. The van der Waals surface area contributed by atoms with Crippen LogP contribution in [0.1, 0.15) is 10.5 Å². The van der Waals surface area contributed by atoms with Gasteiger partial charge in [-0.05, 0) is 40.8 Å². The monoisotopic (exact) mass is 435 g/mol. The number of aromatic hydroxyl groups is 1. The number of halogens is 2. The molecule has 2 rings (SSSR count). The number of pyridine rings is 1. The van der Waals surface area contributed by atoms with Crippen molar-refractivity contribution in [1.82, 2.24) is 4.57 Å². The van der Waals surface area contributed by atoms with Crippen LogP contribution in [0.2, 0.25) is 0 Å². The van der Waals surface area contributed by atoms with E-state index in [-0.39, 0.29) is 11.4 Å². The molecular weight excluding hydrogens is 429 g/mol. The number of benzene rings is 1. The van der Waals surface area contributed by atoms with E-state index in [9.17, 15) is 14.7 Å². The standard InChI is InChI=1S/C12H7BrINO4/c13-6-1-2-8(14)9(3-6)15-10(12(18)19)4-7(16)5-11(15)17/h1-5,16H,(H,18,19). The van der Waals surface area contributed by atoms with Crippen LogP contribution in [-0.2, 0) is 0 Å². The third-order valence-corrected chi connectivity index (χ3v) is 3.79. The number of aromatic carboxylic acids is 1. The van der Waals surface area contributed by atoms with Crippen LogP contribution in [0.15, 0.2) is 39.6 Å². The van der Waals surface area contributed by atoms with Crippen LogP contribution in [0.25, 0.3) is 5.69 Å². The SMILES string of the molecule is O=C(O)c1cc(O)cc(=O)n1-c1cc(Br)ccc1I. The number of carbonyl (C=O) groups is 1. The molecule has 1 heterocycles. The molecule has 0 fully saturated rings. The van der Waals surface area contributed by atoms with Crippen molar-refractivity contribution in [1.29, 1.82) is 0 Å². The van der Waals surface area contributed by atoms with Crippen molar-refractivity contribution < 1.29 is 15.0 Å². The molecular formula is C12H7BrINO4. The van der Waals surface area contributed by atoms with E-state index < -0.39 is 11.5 Å². The van der Waals surface area contributed by atoms with Gasteiger partial charge in [0.15, 0.2) is 0 Å². The maximum Gasteiger partial charge on any atom is 0.353 e. The lowest BCUT2D eigenvalue weighted by atomic mass is 10.2. The third kappa shape index (κ3) is 2.81. The lowest BCUT2D eigenvalue weighted by molar-refractivity contribution is 0.0686. The van der Waals surface area contributed by atoms with E-state index in [1.165, 1.54) is 0 Å². The molecule has 0 bridgehead atoms. The van der Waals surface area contributed by atoms with E-state index in [1.807, 2.05) is 22.6 Å². The lowest BCUT2D eigenvalue weighted by Gasteiger charge is -2.12. The maximum atomic E-state index is 12.0. The number of hydrogen-bond acceptors (Lipinski definition) is 3. The molecule has 0 unspecified atom stereocenters. The molecule has 0 aliphatic rings. The first-order valence-electron chi connectivity index (χ1n) is 5.05. The van der Waals surface area contributed by atoms with Gasteiger partial charge in [-0.25, -0.2) is 4.79 Å². The molecule has 0 amide bonds. The quantitative estimate of drug-likeness (QED) is 0.710. The van der Waals surface area contributed by atoms with Crippen LogP contribution in [0, 0.1) is 3.57 Å². The molecule has 98 valence electrons. The second kappa shape index (κ2) is 5.33. The Morgan fingerprint density at radius 1 is 1.26 bits per heavy atom. The smallest absolute Gasteiger partial charge is 0.353 e. The predicted octanol–water partition coefficient (Wildman–Crippen LogP) is 2.61. The molecule has 7 heteroatoms. The van der Waals surface area contributed by atoms with Gasteiger partial charge in [0, 0.05) is 20.2 Å². The van der Waals surface area contributed by atoms with Gasteiger partial charge < -0.3 is 10.2 Å². The van der Waals surface area contributed by atoms with Crippen LogP contribution in [-0.4, -0.2) is 20.7 Å². The van der Waals surface area contributed by atoms with Gasteiger partial charge in [0.1, 0.15) is 11.4 Å². The minimum atomic E-state index is -1.29. The van der Waals surface area contributed by atoms with Gasteiger partial charge in [-0.1, -0.05) is 15.9 Å². The van der Waals surface area contributed by atoms with E-state index in [4.69, 9.17) is 5.11 Å². The van der Waals surface area contributed by atoms with Crippen LogP contribution >= 0.6 is 38.5 Å². The van der Waals surface area contributed by atoms with Crippen LogP contribution in [0.5, 0.6) is 5.75 Å². The molecule has 0 saturated heterocycles. The van der Waals surface area contributed by atoms with Gasteiger partial charge in [-0.3, -0.25) is 9.36 Å². The fourth-order valence-corrected chi connectivity index (χ4v) is 2.54. The molecule has 0 radical (unpaired) electrons. The van der Waals surface area contributed by atoms with Crippen molar-refractivity contribution in [3.63, 3.8) is 0 Å². The Hall–Kier alpha value is -1.35. The molecule has 0 spiro atoms. The Kier molecular flexibility index (Phi) is 3.95. The summed E-state index contributed by atoms with van der Waals surface area (Å²) in [4.78, 5) is 23.2. The first-order valence-corrected chi connectivity index (χ1v) is 6.92. The molecule has 2 N–H and O–H groups in total. The summed E-state index contributed by atoms with van der Waals surface area (Å²) in [6.45, 7) is 0. The predicted molar refractivity (Wildman–Crippen MR) is 81.1 cm³/mol. The average Bonchev–Trinajstić information content (AvgIpc) is 2.32. The van der Waals surface area contributed by atoms with Crippen molar-refractivity contribution in [2.75, 3.05) is 0 Å². The summed E-state index contributed by atoms with van der Waals surface area (Å²) in [6.07, 6.45) is 0. The summed E-state index contributed by atoms with van der Waals surface area (Å²) in [7, 11) is 0. The summed E-state index contributed by atoms with van der Waals surface area (Å²) in [6, 6.07) is 7.21. The number of aromatic nitrogens is 1. The largest absolute Gasteiger partial charge is 0.508 e. The normalized spacial score (nSPS) is 10.4. The highest BCUT2D eigenvalue weighted by atomic mass is 127. The van der Waals surface area contributed by atoms with Gasteiger partial charge in [0.25, 0.3) is 5.56 Å². The van der Waals surface area contributed by atoms with E-state index in [2.05, 4.69) is 15.9 Å². The summed E-state index contributed by atoms with van der Waals surface area (Å²) in [5.74, 6) is -1.66. The van der Waals surface area contributed by atoms with Crippen molar-refractivity contribution in [2.24, 2.45) is 0 Å². The molecule has 1 aromatic heterocycles. The highest BCUT2D eigenvalue weighted by molar-refractivity contribution is 14.1. The Balaban J connectivity index is 2.85. The van der Waals surface area contributed by atoms with Crippen molar-refractivity contribution in [3.8, 4) is 11.4 Å². The van der Waals surface area contributed by atoms with Crippen molar-refractivity contribution >= 4 is 44.5 Å². The topological polar surface area (TPSA) is 79.5 Å². The maximum absolute atomic E-state index is 12.0. The Morgan fingerprint density at radius 3 is 2.58 bits per heavy atom. The number of carboxylic acids is 1. The average molecular weight is 436 g/mol. The number of nitrogens with zero attached hydrogens (tertiary/aromatic N) is 1. The summed E-state index contributed by atoms with van der Waals surface area (Å²) in [5, 5.41) is 18.5. The zero-order valence-corrected chi connectivity index (χ0v) is 13.0. The molecule has 0 aliphatic carbocycles.